The minimum atomic E-state index is -3.50. The number of fused-ring (bicyclic) bond motifs is 1. The Morgan fingerprint density at radius 2 is 2.05 bits per heavy atom. The van der Waals surface area contributed by atoms with Gasteiger partial charge in [0.05, 0.1) is 6.20 Å². The number of H-pyrrole nitrogens is 2. The highest BCUT2D eigenvalue weighted by molar-refractivity contribution is 7.89. The van der Waals surface area contributed by atoms with Gasteiger partial charge >= 0.3 is 0 Å². The molecule has 0 bridgehead atoms. The van der Waals surface area contributed by atoms with Crippen LogP contribution < -0.4 is 4.72 Å². The maximum atomic E-state index is 11.9. The summed E-state index contributed by atoms with van der Waals surface area (Å²) < 4.78 is 26.3. The zero-order valence-corrected chi connectivity index (χ0v) is 11.4. The Balaban J connectivity index is 1.69. The van der Waals surface area contributed by atoms with Crippen LogP contribution in [0.4, 0.5) is 0 Å². The maximum absolute atomic E-state index is 11.9. The van der Waals surface area contributed by atoms with E-state index in [2.05, 4.69) is 19.9 Å². The van der Waals surface area contributed by atoms with Gasteiger partial charge in [0.25, 0.3) is 10.0 Å². The second kappa shape index (κ2) is 5.10. The third-order valence-corrected chi connectivity index (χ3v) is 4.52. The number of nitrogens with one attached hydrogen (secondary N) is 3. The van der Waals surface area contributed by atoms with E-state index >= 15 is 0 Å². The smallest absolute Gasteiger partial charge is 0.257 e. The molecule has 3 N–H and O–H groups in total. The molecule has 6 nitrogen and oxygen atoms in total. The van der Waals surface area contributed by atoms with Crippen molar-refractivity contribution in [2.45, 2.75) is 11.4 Å². The predicted octanol–water partition coefficient (Wildman–Crippen LogP) is 1.41. The summed E-state index contributed by atoms with van der Waals surface area (Å²) in [4.78, 5) is 3.17. The normalized spacial score (nSPS) is 12.0. The third kappa shape index (κ3) is 2.45. The number of hydrogen-bond donors (Lipinski definition) is 3. The molecule has 0 amide bonds. The Morgan fingerprint density at radius 1 is 1.20 bits per heavy atom. The zero-order valence-electron chi connectivity index (χ0n) is 10.6. The first-order chi connectivity index (χ1) is 9.67. The molecule has 0 fully saturated rings. The van der Waals surface area contributed by atoms with Gasteiger partial charge in [-0.25, -0.2) is 13.1 Å². The lowest BCUT2D eigenvalue weighted by Gasteiger charge is -2.04. The number of rotatable bonds is 5. The fourth-order valence-corrected chi connectivity index (χ4v) is 3.07. The summed E-state index contributed by atoms with van der Waals surface area (Å²) in [5.41, 5.74) is 2.15. The fraction of sp³-hybridized carbons (Fsp3) is 0.154. The minimum absolute atomic E-state index is 0.0800. The van der Waals surface area contributed by atoms with Gasteiger partial charge in [-0.3, -0.25) is 5.10 Å². The van der Waals surface area contributed by atoms with Gasteiger partial charge in [-0.1, -0.05) is 18.2 Å². The van der Waals surface area contributed by atoms with Gasteiger partial charge in [0, 0.05) is 23.6 Å². The van der Waals surface area contributed by atoms with E-state index in [-0.39, 0.29) is 5.03 Å². The lowest BCUT2D eigenvalue weighted by Crippen LogP contribution is -2.26. The van der Waals surface area contributed by atoms with Crippen molar-refractivity contribution in [2.24, 2.45) is 0 Å². The second-order valence-electron chi connectivity index (χ2n) is 4.43. The van der Waals surface area contributed by atoms with Gasteiger partial charge in [-0.05, 0) is 24.1 Å². The monoisotopic (exact) mass is 290 g/mol. The van der Waals surface area contributed by atoms with Crippen molar-refractivity contribution in [1.29, 1.82) is 0 Å². The molecule has 1 aromatic carbocycles. The summed E-state index contributed by atoms with van der Waals surface area (Å²) in [7, 11) is -3.50. The van der Waals surface area contributed by atoms with Crippen molar-refractivity contribution in [2.75, 3.05) is 6.54 Å². The van der Waals surface area contributed by atoms with Crippen LogP contribution in [0.15, 0.2) is 47.8 Å². The molecular formula is C13H14N4O2S. The topological polar surface area (TPSA) is 90.6 Å². The van der Waals surface area contributed by atoms with Crippen LogP contribution in [0.5, 0.6) is 0 Å². The summed E-state index contributed by atoms with van der Waals surface area (Å²) in [6, 6.07) is 9.37. The van der Waals surface area contributed by atoms with Gasteiger partial charge in [0.1, 0.15) is 0 Å². The SMILES string of the molecule is O=S(=O)(NCCc1c[nH]c2ccccc12)c1ccn[nH]1. The Hall–Kier alpha value is -2.12. The highest BCUT2D eigenvalue weighted by Crippen LogP contribution is 2.17. The molecule has 0 radical (unpaired) electrons. The van der Waals surface area contributed by atoms with Crippen molar-refractivity contribution in [3.05, 3.63) is 48.3 Å². The molecule has 0 saturated heterocycles. The van der Waals surface area contributed by atoms with E-state index in [0.29, 0.717) is 13.0 Å². The standard InChI is InChI=1S/C13H14N4O2S/c18-20(19,13-6-7-15-17-13)16-8-5-10-9-14-12-4-2-1-3-11(10)12/h1-4,6-7,9,14,16H,5,8H2,(H,15,17). The largest absolute Gasteiger partial charge is 0.361 e. The van der Waals surface area contributed by atoms with Crippen LogP contribution >= 0.6 is 0 Å². The van der Waals surface area contributed by atoms with Crippen molar-refractivity contribution in [3.8, 4) is 0 Å². The van der Waals surface area contributed by atoms with Crippen molar-refractivity contribution in [1.82, 2.24) is 19.9 Å². The number of benzene rings is 1. The lowest BCUT2D eigenvalue weighted by atomic mass is 10.1. The van der Waals surface area contributed by atoms with Crippen LogP contribution in [0, 0.1) is 0 Å². The van der Waals surface area contributed by atoms with E-state index in [9.17, 15) is 8.42 Å². The zero-order chi connectivity index (χ0) is 14.0. The first-order valence-corrected chi connectivity index (χ1v) is 7.69. The lowest BCUT2D eigenvalue weighted by molar-refractivity contribution is 0.577. The van der Waals surface area contributed by atoms with Crippen LogP contribution in [0.2, 0.25) is 0 Å². The Bertz CT molecular complexity index is 806. The van der Waals surface area contributed by atoms with E-state index in [0.717, 1.165) is 16.5 Å². The average molecular weight is 290 g/mol. The van der Waals surface area contributed by atoms with Crippen molar-refractivity contribution in [3.63, 3.8) is 0 Å². The van der Waals surface area contributed by atoms with Gasteiger partial charge in [0.2, 0.25) is 0 Å². The molecule has 0 aliphatic carbocycles. The molecule has 0 aliphatic heterocycles. The summed E-state index contributed by atoms with van der Waals surface area (Å²) in [5, 5.41) is 7.28. The predicted molar refractivity (Wildman–Crippen MR) is 75.8 cm³/mol. The minimum Gasteiger partial charge on any atom is -0.361 e. The first-order valence-electron chi connectivity index (χ1n) is 6.21. The summed E-state index contributed by atoms with van der Waals surface area (Å²) in [5.74, 6) is 0. The molecule has 0 spiro atoms. The molecule has 3 aromatic rings. The molecule has 0 saturated carbocycles. The van der Waals surface area contributed by atoms with Gasteiger partial charge in [-0.2, -0.15) is 5.10 Å². The molecular weight excluding hydrogens is 276 g/mol. The van der Waals surface area contributed by atoms with Gasteiger partial charge < -0.3 is 4.98 Å². The summed E-state index contributed by atoms with van der Waals surface area (Å²) >= 11 is 0. The highest BCUT2D eigenvalue weighted by atomic mass is 32.2. The van der Waals surface area contributed by atoms with E-state index in [1.165, 1.54) is 12.3 Å². The van der Waals surface area contributed by atoms with Crippen LogP contribution in [-0.4, -0.2) is 30.1 Å². The van der Waals surface area contributed by atoms with Crippen molar-refractivity contribution >= 4 is 20.9 Å². The molecule has 0 aliphatic rings. The Labute approximate surface area is 116 Å². The van der Waals surface area contributed by atoms with Gasteiger partial charge in [0.15, 0.2) is 5.03 Å². The van der Waals surface area contributed by atoms with Gasteiger partial charge in [-0.15, -0.1) is 0 Å². The van der Waals surface area contributed by atoms with Crippen molar-refractivity contribution < 1.29 is 8.42 Å². The summed E-state index contributed by atoms with van der Waals surface area (Å²) in [6.45, 7) is 0.337. The summed E-state index contributed by atoms with van der Waals surface area (Å²) in [6.07, 6.45) is 3.95. The van der Waals surface area contributed by atoms with E-state index in [1.807, 2.05) is 30.5 Å². The Morgan fingerprint density at radius 3 is 2.85 bits per heavy atom. The van der Waals surface area contributed by atoms with Crippen LogP contribution in [-0.2, 0) is 16.4 Å². The number of hydrogen-bond acceptors (Lipinski definition) is 3. The third-order valence-electron chi connectivity index (χ3n) is 3.13. The van der Waals surface area contributed by atoms with Crippen LogP contribution in [0.1, 0.15) is 5.56 Å². The number of para-hydroxylation sites is 1. The molecule has 104 valence electrons. The maximum Gasteiger partial charge on any atom is 0.257 e. The number of nitrogens with zero attached hydrogens (tertiary/aromatic N) is 1. The number of aromatic nitrogens is 3. The molecule has 2 heterocycles. The van der Waals surface area contributed by atoms with Crippen LogP contribution in [0.3, 0.4) is 0 Å². The molecule has 2 aromatic heterocycles. The first kappa shape index (κ1) is 12.9. The average Bonchev–Trinajstić information content (AvgIpc) is 3.08. The molecule has 0 unspecified atom stereocenters. The van der Waals surface area contributed by atoms with E-state index in [4.69, 9.17) is 0 Å². The molecule has 7 heteroatoms. The highest BCUT2D eigenvalue weighted by Gasteiger charge is 2.14. The number of aromatic amines is 2. The quantitative estimate of drug-likeness (QED) is 0.663. The van der Waals surface area contributed by atoms with E-state index in [1.54, 1.807) is 0 Å². The molecule has 3 rings (SSSR count). The molecule has 0 atom stereocenters. The fourth-order valence-electron chi connectivity index (χ4n) is 2.13. The van der Waals surface area contributed by atoms with E-state index < -0.39 is 10.0 Å². The second-order valence-corrected chi connectivity index (χ2v) is 6.16. The van der Waals surface area contributed by atoms with Crippen LogP contribution in [0.25, 0.3) is 10.9 Å². The Kier molecular flexibility index (Phi) is 3.29. The molecule has 20 heavy (non-hydrogen) atoms. The number of sulfonamides is 1.